The lowest BCUT2D eigenvalue weighted by Crippen LogP contribution is -2.29. The fourth-order valence-electron chi connectivity index (χ4n) is 2.86. The van der Waals surface area contributed by atoms with Crippen LogP contribution in [0.15, 0.2) is 0 Å². The SMILES string of the molecule is CCC1CCCN1CCCCCNC1CC1. The van der Waals surface area contributed by atoms with Crippen LogP contribution in [0.1, 0.15) is 58.3 Å². The molecule has 2 nitrogen and oxygen atoms in total. The minimum absolute atomic E-state index is 0.892. The van der Waals surface area contributed by atoms with Crippen LogP contribution in [0.25, 0.3) is 0 Å². The van der Waals surface area contributed by atoms with Crippen molar-refractivity contribution in [3.05, 3.63) is 0 Å². The molecule has 0 bridgehead atoms. The van der Waals surface area contributed by atoms with Crippen LogP contribution in [0.2, 0.25) is 0 Å². The molecule has 0 amide bonds. The summed E-state index contributed by atoms with van der Waals surface area (Å²) < 4.78 is 0. The summed E-state index contributed by atoms with van der Waals surface area (Å²) in [6, 6.07) is 1.80. The molecule has 1 saturated carbocycles. The van der Waals surface area contributed by atoms with Crippen LogP contribution < -0.4 is 5.32 Å². The topological polar surface area (TPSA) is 15.3 Å². The highest BCUT2D eigenvalue weighted by atomic mass is 15.2. The quantitative estimate of drug-likeness (QED) is 0.638. The summed E-state index contributed by atoms with van der Waals surface area (Å²) in [4.78, 5) is 2.72. The highest BCUT2D eigenvalue weighted by Crippen LogP contribution is 2.20. The smallest absolute Gasteiger partial charge is 0.00931 e. The van der Waals surface area contributed by atoms with Crippen LogP contribution >= 0.6 is 0 Å². The predicted octanol–water partition coefficient (Wildman–Crippen LogP) is 2.78. The van der Waals surface area contributed by atoms with Crippen molar-refractivity contribution in [1.29, 1.82) is 0 Å². The monoisotopic (exact) mass is 224 g/mol. The second kappa shape index (κ2) is 6.61. The minimum Gasteiger partial charge on any atom is -0.314 e. The number of unbranched alkanes of at least 4 members (excludes halogenated alkanes) is 2. The van der Waals surface area contributed by atoms with Gasteiger partial charge in [-0.25, -0.2) is 0 Å². The first-order valence-electron chi connectivity index (χ1n) is 7.37. The maximum Gasteiger partial charge on any atom is 0.00931 e. The van der Waals surface area contributed by atoms with E-state index in [1.807, 2.05) is 0 Å². The molecular weight excluding hydrogens is 196 g/mol. The molecule has 1 heterocycles. The molecule has 94 valence electrons. The molecule has 2 heteroatoms. The standard InChI is InChI=1S/C14H28N2/c1-2-14-7-6-12-16(14)11-5-3-4-10-15-13-8-9-13/h13-15H,2-12H2,1H3. The Bertz CT molecular complexity index is 189. The summed E-state index contributed by atoms with van der Waals surface area (Å²) in [7, 11) is 0. The van der Waals surface area contributed by atoms with E-state index in [-0.39, 0.29) is 0 Å². The third kappa shape index (κ3) is 4.06. The average molecular weight is 224 g/mol. The Labute approximate surface area is 101 Å². The predicted molar refractivity (Wildman–Crippen MR) is 69.8 cm³/mol. The van der Waals surface area contributed by atoms with E-state index in [9.17, 15) is 0 Å². The molecule has 1 aliphatic carbocycles. The maximum atomic E-state index is 3.59. The zero-order valence-electron chi connectivity index (χ0n) is 10.9. The van der Waals surface area contributed by atoms with Gasteiger partial charge in [0.25, 0.3) is 0 Å². The molecule has 0 aromatic rings. The van der Waals surface area contributed by atoms with Crippen LogP contribution in [-0.4, -0.2) is 36.6 Å². The van der Waals surface area contributed by atoms with E-state index in [1.165, 1.54) is 71.0 Å². The Balaban J connectivity index is 1.44. The molecule has 2 aliphatic rings. The zero-order chi connectivity index (χ0) is 11.2. The van der Waals surface area contributed by atoms with Gasteiger partial charge >= 0.3 is 0 Å². The zero-order valence-corrected chi connectivity index (χ0v) is 10.9. The normalized spacial score (nSPS) is 26.4. The van der Waals surface area contributed by atoms with Gasteiger partial charge in [-0.3, -0.25) is 0 Å². The molecule has 1 aliphatic heterocycles. The first-order chi connectivity index (χ1) is 7.90. The molecule has 1 atom stereocenters. The summed E-state index contributed by atoms with van der Waals surface area (Å²) in [5.41, 5.74) is 0. The molecule has 0 spiro atoms. The second-order valence-electron chi connectivity index (χ2n) is 5.53. The molecule has 1 N–H and O–H groups in total. The van der Waals surface area contributed by atoms with Crippen molar-refractivity contribution < 1.29 is 0 Å². The number of hydrogen-bond acceptors (Lipinski definition) is 2. The van der Waals surface area contributed by atoms with E-state index in [2.05, 4.69) is 17.1 Å². The summed E-state index contributed by atoms with van der Waals surface area (Å²) in [5.74, 6) is 0. The van der Waals surface area contributed by atoms with Crippen LogP contribution in [0.5, 0.6) is 0 Å². The third-order valence-electron chi connectivity index (χ3n) is 4.10. The fraction of sp³-hybridized carbons (Fsp3) is 1.00. The Kier molecular flexibility index (Phi) is 5.11. The van der Waals surface area contributed by atoms with E-state index >= 15 is 0 Å². The van der Waals surface area contributed by atoms with Gasteiger partial charge in [-0.1, -0.05) is 13.3 Å². The number of nitrogens with one attached hydrogen (secondary N) is 1. The van der Waals surface area contributed by atoms with Crippen LogP contribution in [-0.2, 0) is 0 Å². The highest BCUT2D eigenvalue weighted by molar-refractivity contribution is 4.80. The van der Waals surface area contributed by atoms with Crippen molar-refractivity contribution in [2.45, 2.75) is 70.4 Å². The van der Waals surface area contributed by atoms with Crippen LogP contribution in [0.4, 0.5) is 0 Å². The Morgan fingerprint density at radius 1 is 1.12 bits per heavy atom. The minimum atomic E-state index is 0.892. The maximum absolute atomic E-state index is 3.59. The molecule has 2 fully saturated rings. The van der Waals surface area contributed by atoms with Gasteiger partial charge in [0.15, 0.2) is 0 Å². The van der Waals surface area contributed by atoms with Gasteiger partial charge in [0, 0.05) is 12.1 Å². The van der Waals surface area contributed by atoms with Gasteiger partial charge in [-0.15, -0.1) is 0 Å². The summed E-state index contributed by atoms with van der Waals surface area (Å²) >= 11 is 0. The lowest BCUT2D eigenvalue weighted by atomic mass is 10.1. The van der Waals surface area contributed by atoms with E-state index < -0.39 is 0 Å². The lowest BCUT2D eigenvalue weighted by Gasteiger charge is -2.23. The average Bonchev–Trinajstić information content (AvgIpc) is 3.01. The van der Waals surface area contributed by atoms with E-state index in [4.69, 9.17) is 0 Å². The van der Waals surface area contributed by atoms with Gasteiger partial charge in [-0.2, -0.15) is 0 Å². The van der Waals surface area contributed by atoms with Crippen molar-refractivity contribution >= 4 is 0 Å². The van der Waals surface area contributed by atoms with Gasteiger partial charge in [0.05, 0.1) is 0 Å². The molecule has 1 unspecified atom stereocenters. The first kappa shape index (κ1) is 12.4. The van der Waals surface area contributed by atoms with Gasteiger partial charge in [0.2, 0.25) is 0 Å². The largest absolute Gasteiger partial charge is 0.314 e. The van der Waals surface area contributed by atoms with Crippen molar-refractivity contribution in [2.75, 3.05) is 19.6 Å². The Morgan fingerprint density at radius 3 is 2.75 bits per heavy atom. The van der Waals surface area contributed by atoms with E-state index in [1.54, 1.807) is 0 Å². The van der Waals surface area contributed by atoms with E-state index in [0.717, 1.165) is 12.1 Å². The van der Waals surface area contributed by atoms with Crippen molar-refractivity contribution in [3.8, 4) is 0 Å². The highest BCUT2D eigenvalue weighted by Gasteiger charge is 2.22. The first-order valence-corrected chi connectivity index (χ1v) is 7.37. The number of nitrogens with zero attached hydrogens (tertiary/aromatic N) is 1. The number of hydrogen-bond donors (Lipinski definition) is 1. The van der Waals surface area contributed by atoms with Crippen molar-refractivity contribution in [1.82, 2.24) is 10.2 Å². The molecule has 16 heavy (non-hydrogen) atoms. The Hall–Kier alpha value is -0.0800. The van der Waals surface area contributed by atoms with Gasteiger partial charge in [-0.05, 0) is 64.6 Å². The lowest BCUT2D eigenvalue weighted by molar-refractivity contribution is 0.243. The third-order valence-corrected chi connectivity index (χ3v) is 4.10. The van der Waals surface area contributed by atoms with E-state index in [0.29, 0.717) is 0 Å². The van der Waals surface area contributed by atoms with Crippen molar-refractivity contribution in [2.24, 2.45) is 0 Å². The van der Waals surface area contributed by atoms with Gasteiger partial charge < -0.3 is 10.2 Å². The summed E-state index contributed by atoms with van der Waals surface area (Å²) in [6.07, 6.45) is 11.3. The summed E-state index contributed by atoms with van der Waals surface area (Å²) in [6.45, 7) is 6.30. The molecule has 2 rings (SSSR count). The number of likely N-dealkylation sites (tertiary alicyclic amines) is 1. The second-order valence-corrected chi connectivity index (χ2v) is 5.53. The fourth-order valence-corrected chi connectivity index (χ4v) is 2.86. The van der Waals surface area contributed by atoms with Crippen LogP contribution in [0.3, 0.4) is 0 Å². The Morgan fingerprint density at radius 2 is 2.00 bits per heavy atom. The molecular formula is C14H28N2. The van der Waals surface area contributed by atoms with Crippen LogP contribution in [0, 0.1) is 0 Å². The summed E-state index contributed by atoms with van der Waals surface area (Å²) in [5, 5.41) is 3.59. The molecule has 0 aromatic carbocycles. The molecule has 1 saturated heterocycles. The molecule has 0 aromatic heterocycles. The number of rotatable bonds is 8. The van der Waals surface area contributed by atoms with Crippen molar-refractivity contribution in [3.63, 3.8) is 0 Å². The molecule has 0 radical (unpaired) electrons. The van der Waals surface area contributed by atoms with Gasteiger partial charge in [0.1, 0.15) is 0 Å².